The molecule has 0 radical (unpaired) electrons. The lowest BCUT2D eigenvalue weighted by molar-refractivity contribution is 0.128. The molecule has 16 heavy (non-hydrogen) atoms. The highest BCUT2D eigenvalue weighted by Crippen LogP contribution is 2.00. The molecule has 0 heterocycles. The molecule has 0 aromatic carbocycles. The predicted octanol–water partition coefficient (Wildman–Crippen LogP) is 1.31. The Morgan fingerprint density at radius 2 is 1.88 bits per heavy atom. The number of nitriles is 1. The van der Waals surface area contributed by atoms with Crippen LogP contribution in [0, 0.1) is 11.3 Å². The van der Waals surface area contributed by atoms with Gasteiger partial charge in [0.15, 0.2) is 0 Å². The van der Waals surface area contributed by atoms with E-state index in [4.69, 9.17) is 10.00 Å². The highest BCUT2D eigenvalue weighted by atomic mass is 16.5. The van der Waals surface area contributed by atoms with E-state index in [9.17, 15) is 4.79 Å². The van der Waals surface area contributed by atoms with Gasteiger partial charge in [-0.05, 0) is 13.8 Å². The fraction of sp³-hybridized carbons (Fsp3) is 0.818. The first kappa shape index (κ1) is 14.7. The Labute approximate surface area is 97.6 Å². The third kappa shape index (κ3) is 4.99. The summed E-state index contributed by atoms with van der Waals surface area (Å²) in [5.74, 6) is 0. The summed E-state index contributed by atoms with van der Waals surface area (Å²) in [6.45, 7) is 6.76. The fourth-order valence-electron chi connectivity index (χ4n) is 1.38. The van der Waals surface area contributed by atoms with Crippen molar-refractivity contribution in [2.75, 3.05) is 39.9 Å². The largest absolute Gasteiger partial charge is 0.383 e. The molecule has 0 N–H and O–H groups in total. The molecule has 0 saturated carbocycles. The minimum atomic E-state index is -0.0164. The van der Waals surface area contributed by atoms with E-state index in [2.05, 4.69) is 6.07 Å². The van der Waals surface area contributed by atoms with Gasteiger partial charge in [0.1, 0.15) is 0 Å². The quantitative estimate of drug-likeness (QED) is 0.659. The summed E-state index contributed by atoms with van der Waals surface area (Å²) >= 11 is 0. The predicted molar refractivity (Wildman–Crippen MR) is 62.0 cm³/mol. The summed E-state index contributed by atoms with van der Waals surface area (Å²) in [6.07, 6.45) is 0.358. The number of carbonyl (C=O) groups excluding carboxylic acids is 1. The Morgan fingerprint density at radius 3 is 2.31 bits per heavy atom. The summed E-state index contributed by atoms with van der Waals surface area (Å²) in [4.78, 5) is 15.4. The lowest BCUT2D eigenvalue weighted by Gasteiger charge is -2.28. The molecular weight excluding hydrogens is 206 g/mol. The van der Waals surface area contributed by atoms with Gasteiger partial charge in [0.25, 0.3) is 0 Å². The van der Waals surface area contributed by atoms with Gasteiger partial charge in [-0.15, -0.1) is 0 Å². The van der Waals surface area contributed by atoms with E-state index in [1.54, 1.807) is 16.9 Å². The smallest absolute Gasteiger partial charge is 0.320 e. The molecule has 0 aliphatic heterocycles. The summed E-state index contributed by atoms with van der Waals surface area (Å²) in [5, 5.41) is 8.54. The second-order valence-corrected chi connectivity index (χ2v) is 3.34. The third-order valence-electron chi connectivity index (χ3n) is 2.36. The van der Waals surface area contributed by atoms with Crippen molar-refractivity contribution in [3.63, 3.8) is 0 Å². The number of urea groups is 1. The Balaban J connectivity index is 4.35. The van der Waals surface area contributed by atoms with Crippen LogP contribution in [0.5, 0.6) is 0 Å². The van der Waals surface area contributed by atoms with E-state index in [1.165, 1.54) is 0 Å². The first-order chi connectivity index (χ1) is 7.71. The lowest BCUT2D eigenvalue weighted by Crippen LogP contribution is -2.44. The SMILES string of the molecule is CCN(CC)C(=O)N(CCC#N)CCOC. The van der Waals surface area contributed by atoms with Crippen LogP contribution < -0.4 is 0 Å². The zero-order chi connectivity index (χ0) is 12.4. The molecule has 0 saturated heterocycles. The Kier molecular flexibility index (Phi) is 8.26. The lowest BCUT2D eigenvalue weighted by atomic mass is 10.4. The van der Waals surface area contributed by atoms with Crippen LogP contribution in [-0.2, 0) is 4.74 Å². The topological polar surface area (TPSA) is 56.6 Å². The van der Waals surface area contributed by atoms with Crippen molar-refractivity contribution in [2.24, 2.45) is 0 Å². The number of amides is 2. The van der Waals surface area contributed by atoms with Gasteiger partial charge in [-0.1, -0.05) is 0 Å². The van der Waals surface area contributed by atoms with Crippen LogP contribution >= 0.6 is 0 Å². The second-order valence-electron chi connectivity index (χ2n) is 3.34. The molecule has 0 aromatic rings. The third-order valence-corrected chi connectivity index (χ3v) is 2.36. The Morgan fingerprint density at radius 1 is 1.25 bits per heavy atom. The van der Waals surface area contributed by atoms with E-state index in [0.29, 0.717) is 39.2 Å². The van der Waals surface area contributed by atoms with E-state index in [0.717, 1.165) is 0 Å². The van der Waals surface area contributed by atoms with Crippen LogP contribution in [0.2, 0.25) is 0 Å². The maximum Gasteiger partial charge on any atom is 0.320 e. The van der Waals surface area contributed by atoms with Crippen LogP contribution in [0.3, 0.4) is 0 Å². The molecule has 0 bridgehead atoms. The minimum absolute atomic E-state index is 0.0164. The van der Waals surface area contributed by atoms with Gasteiger partial charge in [0.2, 0.25) is 0 Å². The van der Waals surface area contributed by atoms with Crippen molar-refractivity contribution in [3.8, 4) is 6.07 Å². The number of nitrogens with zero attached hydrogens (tertiary/aromatic N) is 3. The summed E-state index contributed by atoms with van der Waals surface area (Å²) in [6, 6.07) is 2.03. The molecule has 5 nitrogen and oxygen atoms in total. The normalized spacial score (nSPS) is 9.62. The second kappa shape index (κ2) is 8.98. The average Bonchev–Trinajstić information content (AvgIpc) is 2.30. The number of hydrogen-bond donors (Lipinski definition) is 0. The van der Waals surface area contributed by atoms with Crippen molar-refractivity contribution in [3.05, 3.63) is 0 Å². The number of methoxy groups -OCH3 is 1. The summed E-state index contributed by atoms with van der Waals surface area (Å²) in [5.41, 5.74) is 0. The van der Waals surface area contributed by atoms with Gasteiger partial charge in [0, 0.05) is 33.3 Å². The molecular formula is C11H21N3O2. The Bertz CT molecular complexity index is 234. The van der Waals surface area contributed by atoms with Crippen molar-refractivity contribution >= 4 is 6.03 Å². The van der Waals surface area contributed by atoms with Crippen LogP contribution in [-0.4, -0.2) is 55.7 Å². The highest BCUT2D eigenvalue weighted by molar-refractivity contribution is 5.74. The molecule has 2 amide bonds. The highest BCUT2D eigenvalue weighted by Gasteiger charge is 2.17. The van der Waals surface area contributed by atoms with Gasteiger partial charge in [-0.25, -0.2) is 4.79 Å². The summed E-state index contributed by atoms with van der Waals surface area (Å²) < 4.78 is 4.95. The summed E-state index contributed by atoms with van der Waals surface area (Å²) in [7, 11) is 1.60. The number of hydrogen-bond acceptors (Lipinski definition) is 3. The van der Waals surface area contributed by atoms with Gasteiger partial charge >= 0.3 is 6.03 Å². The molecule has 0 aliphatic rings. The molecule has 0 unspecified atom stereocenters. The molecule has 0 fully saturated rings. The van der Waals surface area contributed by atoms with E-state index in [-0.39, 0.29) is 6.03 Å². The molecule has 0 atom stereocenters. The Hall–Kier alpha value is -1.28. The molecule has 0 rings (SSSR count). The van der Waals surface area contributed by atoms with Gasteiger partial charge < -0.3 is 14.5 Å². The van der Waals surface area contributed by atoms with Crippen molar-refractivity contribution in [1.82, 2.24) is 9.80 Å². The van der Waals surface area contributed by atoms with E-state index < -0.39 is 0 Å². The number of rotatable bonds is 7. The van der Waals surface area contributed by atoms with Crippen molar-refractivity contribution < 1.29 is 9.53 Å². The van der Waals surface area contributed by atoms with E-state index >= 15 is 0 Å². The van der Waals surface area contributed by atoms with E-state index in [1.807, 2.05) is 13.8 Å². The van der Waals surface area contributed by atoms with Crippen LogP contribution in [0.4, 0.5) is 4.79 Å². The average molecular weight is 227 g/mol. The first-order valence-corrected chi connectivity index (χ1v) is 5.60. The van der Waals surface area contributed by atoms with Crippen molar-refractivity contribution in [1.29, 1.82) is 5.26 Å². The van der Waals surface area contributed by atoms with Crippen molar-refractivity contribution in [2.45, 2.75) is 20.3 Å². The van der Waals surface area contributed by atoms with Gasteiger partial charge in [0.05, 0.1) is 19.1 Å². The molecule has 5 heteroatoms. The minimum Gasteiger partial charge on any atom is -0.383 e. The molecule has 0 spiro atoms. The zero-order valence-corrected chi connectivity index (χ0v) is 10.4. The fourth-order valence-corrected chi connectivity index (χ4v) is 1.38. The maximum atomic E-state index is 12.0. The molecule has 0 aromatic heterocycles. The zero-order valence-electron chi connectivity index (χ0n) is 10.4. The molecule has 0 aliphatic carbocycles. The number of carbonyl (C=O) groups is 1. The van der Waals surface area contributed by atoms with Crippen LogP contribution in [0.25, 0.3) is 0 Å². The van der Waals surface area contributed by atoms with Gasteiger partial charge in [-0.2, -0.15) is 5.26 Å². The first-order valence-electron chi connectivity index (χ1n) is 5.60. The van der Waals surface area contributed by atoms with Crippen LogP contribution in [0.1, 0.15) is 20.3 Å². The van der Waals surface area contributed by atoms with Crippen LogP contribution in [0.15, 0.2) is 0 Å². The monoisotopic (exact) mass is 227 g/mol. The molecule has 92 valence electrons. The standard InChI is InChI=1S/C11H21N3O2/c1-4-13(5-2)11(15)14(8-6-7-12)9-10-16-3/h4-6,8-10H2,1-3H3. The van der Waals surface area contributed by atoms with Gasteiger partial charge in [-0.3, -0.25) is 0 Å². The number of ether oxygens (including phenoxy) is 1. The maximum absolute atomic E-state index is 12.0.